The van der Waals surface area contributed by atoms with Gasteiger partial charge >= 0.3 is 0 Å². The van der Waals surface area contributed by atoms with Crippen molar-refractivity contribution in [3.05, 3.63) is 0 Å². The summed E-state index contributed by atoms with van der Waals surface area (Å²) < 4.78 is 20.5. The normalized spacial score (nSPS) is 19.1. The Balaban J connectivity index is 4.62. The van der Waals surface area contributed by atoms with E-state index in [1.54, 1.807) is 7.11 Å². The molecule has 98 valence electrons. The quantitative estimate of drug-likeness (QED) is 0.538. The van der Waals surface area contributed by atoms with Crippen LogP contribution in [-0.4, -0.2) is 76.3 Å². The molecule has 6 heteroatoms. The van der Waals surface area contributed by atoms with E-state index in [0.29, 0.717) is 6.61 Å². The molecule has 0 aromatic carbocycles. The monoisotopic (exact) mass is 238 g/mol. The lowest BCUT2D eigenvalue weighted by atomic mass is 10.0. The van der Waals surface area contributed by atoms with Crippen LogP contribution in [0.1, 0.15) is 0 Å². The Kier molecular flexibility index (Phi) is 8.73. The molecule has 0 rings (SSSR count). The van der Waals surface area contributed by atoms with E-state index < -0.39 is 24.9 Å². The van der Waals surface area contributed by atoms with E-state index in [1.807, 2.05) is 0 Å². The lowest BCUT2D eigenvalue weighted by Gasteiger charge is -2.32. The molecule has 0 fully saturated rings. The first-order valence-electron chi connectivity index (χ1n) is 5.02. The van der Waals surface area contributed by atoms with Gasteiger partial charge in [-0.3, -0.25) is 0 Å². The summed E-state index contributed by atoms with van der Waals surface area (Å²) in [6.07, 6.45) is -2.59. The van der Waals surface area contributed by atoms with Gasteiger partial charge in [0.15, 0.2) is 0 Å². The van der Waals surface area contributed by atoms with Crippen molar-refractivity contribution in [3.8, 4) is 0 Å². The molecule has 0 amide bonds. The topological polar surface area (TPSA) is 77.4 Å². The van der Waals surface area contributed by atoms with Crippen LogP contribution in [0.3, 0.4) is 0 Å². The van der Waals surface area contributed by atoms with Crippen molar-refractivity contribution in [2.45, 2.75) is 24.4 Å². The van der Waals surface area contributed by atoms with Crippen LogP contribution in [0, 0.1) is 0 Å². The van der Waals surface area contributed by atoms with Crippen molar-refractivity contribution in [3.63, 3.8) is 0 Å². The zero-order chi connectivity index (χ0) is 12.6. The van der Waals surface area contributed by atoms with E-state index >= 15 is 0 Å². The van der Waals surface area contributed by atoms with Crippen molar-refractivity contribution in [2.24, 2.45) is 0 Å². The van der Waals surface area contributed by atoms with Gasteiger partial charge in [0.1, 0.15) is 24.4 Å². The molecule has 0 aliphatic heterocycles. The molecule has 4 atom stereocenters. The number of rotatable bonds is 9. The fourth-order valence-corrected chi connectivity index (χ4v) is 1.57. The molecule has 0 spiro atoms. The molecule has 0 radical (unpaired) electrons. The summed E-state index contributed by atoms with van der Waals surface area (Å²) in [5, 5.41) is 18.5. The van der Waals surface area contributed by atoms with Gasteiger partial charge < -0.3 is 29.2 Å². The molecule has 0 heterocycles. The predicted molar refractivity (Wildman–Crippen MR) is 57.4 cm³/mol. The Labute approximate surface area is 96.1 Å². The van der Waals surface area contributed by atoms with Gasteiger partial charge in [-0.25, -0.2) is 0 Å². The van der Waals surface area contributed by atoms with Crippen LogP contribution in [0.5, 0.6) is 0 Å². The maximum atomic E-state index is 9.58. The highest BCUT2D eigenvalue weighted by Crippen LogP contribution is 2.14. The van der Waals surface area contributed by atoms with Crippen molar-refractivity contribution in [1.29, 1.82) is 0 Å². The summed E-state index contributed by atoms with van der Waals surface area (Å²) in [4.78, 5) is 0. The first-order valence-corrected chi connectivity index (χ1v) is 5.02. The van der Waals surface area contributed by atoms with Crippen molar-refractivity contribution < 1.29 is 29.2 Å². The number of ether oxygens (including phenoxy) is 4. The molecular formula is C10H22O6. The molecule has 16 heavy (non-hydrogen) atoms. The summed E-state index contributed by atoms with van der Waals surface area (Å²) in [6, 6.07) is 0. The number of hydrogen-bond acceptors (Lipinski definition) is 6. The molecule has 6 nitrogen and oxygen atoms in total. The maximum absolute atomic E-state index is 9.58. The predicted octanol–water partition coefficient (Wildman–Crippen LogP) is -0.969. The zero-order valence-corrected chi connectivity index (χ0v) is 10.3. The third-order valence-electron chi connectivity index (χ3n) is 2.43. The minimum atomic E-state index is -1.02. The Hall–Kier alpha value is -0.240. The Bertz CT molecular complexity index is 165. The summed E-state index contributed by atoms with van der Waals surface area (Å²) in [6.45, 7) is -0.0885. The highest BCUT2D eigenvalue weighted by Gasteiger charge is 2.34. The molecule has 0 saturated carbocycles. The number of aliphatic hydroxyl groups excluding tert-OH is 2. The SMILES string of the molecule is COC[C@H](OC)[C@@H](OC)[C@H](OC)[C@H](O)CO. The van der Waals surface area contributed by atoms with Gasteiger partial charge in [0.2, 0.25) is 0 Å². The second-order valence-electron chi connectivity index (χ2n) is 3.38. The fraction of sp³-hybridized carbons (Fsp3) is 1.00. The summed E-state index contributed by atoms with van der Waals surface area (Å²) >= 11 is 0. The summed E-state index contributed by atoms with van der Waals surface area (Å²) in [7, 11) is 5.99. The Morgan fingerprint density at radius 1 is 0.938 bits per heavy atom. The first-order chi connectivity index (χ1) is 7.65. The van der Waals surface area contributed by atoms with Crippen molar-refractivity contribution in [1.82, 2.24) is 0 Å². The minimum absolute atomic E-state index is 0.313. The minimum Gasteiger partial charge on any atom is -0.394 e. The molecule has 0 aliphatic carbocycles. The number of methoxy groups -OCH3 is 4. The molecule has 0 aliphatic rings. The third-order valence-corrected chi connectivity index (χ3v) is 2.43. The molecule has 0 aromatic rings. The molecule has 0 aromatic heterocycles. The van der Waals surface area contributed by atoms with Crippen LogP contribution >= 0.6 is 0 Å². The van der Waals surface area contributed by atoms with E-state index in [1.165, 1.54) is 21.3 Å². The van der Waals surface area contributed by atoms with Gasteiger partial charge in [-0.1, -0.05) is 0 Å². The fourth-order valence-electron chi connectivity index (χ4n) is 1.57. The summed E-state index contributed by atoms with van der Waals surface area (Å²) in [5.41, 5.74) is 0. The first kappa shape index (κ1) is 15.8. The smallest absolute Gasteiger partial charge is 0.114 e. The van der Waals surface area contributed by atoms with Crippen molar-refractivity contribution in [2.75, 3.05) is 41.7 Å². The van der Waals surface area contributed by atoms with Crippen LogP contribution in [0.4, 0.5) is 0 Å². The molecule has 2 N–H and O–H groups in total. The molecular weight excluding hydrogens is 216 g/mol. The van der Waals surface area contributed by atoms with Crippen LogP contribution in [0.15, 0.2) is 0 Å². The average molecular weight is 238 g/mol. The average Bonchev–Trinajstić information content (AvgIpc) is 2.32. The standard InChI is InChI=1S/C10H22O6/c1-13-6-8(14-2)10(16-4)9(15-3)7(12)5-11/h7-12H,5-6H2,1-4H3/t7-,8+,9-,10-/m1/s1. The van der Waals surface area contributed by atoms with Gasteiger partial charge in [-0.2, -0.15) is 0 Å². The van der Waals surface area contributed by atoms with E-state index in [-0.39, 0.29) is 6.10 Å². The van der Waals surface area contributed by atoms with Crippen LogP contribution < -0.4 is 0 Å². The Morgan fingerprint density at radius 2 is 1.50 bits per heavy atom. The lowest BCUT2D eigenvalue weighted by Crippen LogP contribution is -2.50. The number of hydrogen-bond donors (Lipinski definition) is 2. The van der Waals surface area contributed by atoms with Crippen LogP contribution in [-0.2, 0) is 18.9 Å². The molecule has 0 unspecified atom stereocenters. The lowest BCUT2D eigenvalue weighted by molar-refractivity contribution is -0.158. The largest absolute Gasteiger partial charge is 0.394 e. The van der Waals surface area contributed by atoms with E-state index in [2.05, 4.69) is 0 Å². The summed E-state index contributed by atoms with van der Waals surface area (Å²) in [5.74, 6) is 0. The van der Waals surface area contributed by atoms with Crippen LogP contribution in [0.2, 0.25) is 0 Å². The highest BCUT2D eigenvalue weighted by atomic mass is 16.6. The van der Waals surface area contributed by atoms with Gasteiger partial charge in [0.25, 0.3) is 0 Å². The highest BCUT2D eigenvalue weighted by molar-refractivity contribution is 4.84. The molecule has 0 bridgehead atoms. The zero-order valence-electron chi connectivity index (χ0n) is 10.3. The number of aliphatic hydroxyl groups is 2. The molecule has 0 saturated heterocycles. The van der Waals surface area contributed by atoms with E-state index in [4.69, 9.17) is 24.1 Å². The van der Waals surface area contributed by atoms with Gasteiger partial charge in [-0.15, -0.1) is 0 Å². The van der Waals surface area contributed by atoms with E-state index in [9.17, 15) is 5.11 Å². The van der Waals surface area contributed by atoms with Crippen molar-refractivity contribution >= 4 is 0 Å². The van der Waals surface area contributed by atoms with Gasteiger partial charge in [0, 0.05) is 28.4 Å². The second-order valence-corrected chi connectivity index (χ2v) is 3.38. The van der Waals surface area contributed by atoms with E-state index in [0.717, 1.165) is 0 Å². The second kappa shape index (κ2) is 8.86. The third kappa shape index (κ3) is 4.32. The Morgan fingerprint density at radius 3 is 1.81 bits per heavy atom. The van der Waals surface area contributed by atoms with Gasteiger partial charge in [0.05, 0.1) is 13.2 Å². The van der Waals surface area contributed by atoms with Gasteiger partial charge in [-0.05, 0) is 0 Å². The maximum Gasteiger partial charge on any atom is 0.114 e. The van der Waals surface area contributed by atoms with Crippen LogP contribution in [0.25, 0.3) is 0 Å².